The summed E-state index contributed by atoms with van der Waals surface area (Å²) in [5, 5.41) is 0. The van der Waals surface area contributed by atoms with Gasteiger partial charge in [0, 0.05) is 45.1 Å². The molecule has 3 aromatic rings. The average molecular weight is 499 g/mol. The van der Waals surface area contributed by atoms with Crippen LogP contribution in [0.15, 0.2) is 59.8 Å². The number of benzene rings is 2. The summed E-state index contributed by atoms with van der Waals surface area (Å²) in [5.74, 6) is 1.33. The minimum absolute atomic E-state index is 0.191. The highest BCUT2D eigenvalue weighted by molar-refractivity contribution is 7.89. The topological polar surface area (TPSA) is 76.9 Å². The van der Waals surface area contributed by atoms with Gasteiger partial charge >= 0.3 is 0 Å². The van der Waals surface area contributed by atoms with Crippen LogP contribution in [0.1, 0.15) is 22.5 Å². The van der Waals surface area contributed by atoms with Gasteiger partial charge in [-0.15, -0.1) is 0 Å². The van der Waals surface area contributed by atoms with Gasteiger partial charge < -0.3 is 14.0 Å². The second-order valence-corrected chi connectivity index (χ2v) is 10.8. The molecule has 35 heavy (non-hydrogen) atoms. The van der Waals surface area contributed by atoms with Gasteiger partial charge in [0.25, 0.3) is 0 Å². The summed E-state index contributed by atoms with van der Waals surface area (Å²) < 4.78 is 41.6. The average Bonchev–Trinajstić information content (AvgIpc) is 3.31. The first-order valence-electron chi connectivity index (χ1n) is 11.9. The lowest BCUT2D eigenvalue weighted by atomic mass is 10.1. The van der Waals surface area contributed by atoms with Crippen molar-refractivity contribution < 1.29 is 17.9 Å². The molecule has 0 unspecified atom stereocenters. The van der Waals surface area contributed by atoms with Gasteiger partial charge in [-0.25, -0.2) is 13.4 Å². The molecule has 1 aliphatic rings. The number of hydrogen-bond donors (Lipinski definition) is 0. The standard InChI is InChI=1S/C26H34N4O4S/c1-21-4-5-22(2)23(18-21)19-29-11-10-27-26(29)20-30(13-12-28-14-16-34-17-15-28)35(31,32)25-8-6-24(33-3)7-9-25/h4-11,18H,12-17,19-20H2,1-3H3. The molecule has 0 atom stereocenters. The Kier molecular flexibility index (Phi) is 8.22. The number of aromatic nitrogens is 2. The van der Waals surface area contributed by atoms with Gasteiger partial charge in [0.15, 0.2) is 0 Å². The van der Waals surface area contributed by atoms with E-state index in [1.807, 2.05) is 10.8 Å². The number of imidazole rings is 1. The highest BCUT2D eigenvalue weighted by atomic mass is 32.2. The number of ether oxygens (including phenoxy) is 2. The SMILES string of the molecule is COc1ccc(S(=O)(=O)N(CCN2CCOCC2)Cc2nccn2Cc2cc(C)ccc2C)cc1. The summed E-state index contributed by atoms with van der Waals surface area (Å²) in [6, 6.07) is 12.9. The molecule has 0 saturated carbocycles. The van der Waals surface area contributed by atoms with E-state index in [1.54, 1.807) is 37.6 Å². The molecule has 0 N–H and O–H groups in total. The summed E-state index contributed by atoms with van der Waals surface area (Å²) in [5.41, 5.74) is 3.59. The number of rotatable bonds is 10. The fraction of sp³-hybridized carbons (Fsp3) is 0.423. The number of nitrogens with zero attached hydrogens (tertiary/aromatic N) is 4. The molecule has 1 aliphatic heterocycles. The van der Waals surface area contributed by atoms with Gasteiger partial charge in [0.2, 0.25) is 10.0 Å². The van der Waals surface area contributed by atoms with Gasteiger partial charge in [0.05, 0.1) is 31.8 Å². The smallest absolute Gasteiger partial charge is 0.243 e. The van der Waals surface area contributed by atoms with Crippen LogP contribution in [0.5, 0.6) is 5.75 Å². The molecule has 0 bridgehead atoms. The van der Waals surface area contributed by atoms with E-state index in [0.29, 0.717) is 44.4 Å². The maximum Gasteiger partial charge on any atom is 0.243 e. The number of sulfonamides is 1. The van der Waals surface area contributed by atoms with E-state index in [4.69, 9.17) is 9.47 Å². The molecule has 8 nitrogen and oxygen atoms in total. The fourth-order valence-electron chi connectivity index (χ4n) is 4.21. The van der Waals surface area contributed by atoms with Gasteiger partial charge in [-0.1, -0.05) is 23.8 Å². The third-order valence-electron chi connectivity index (χ3n) is 6.43. The monoisotopic (exact) mass is 498 g/mol. The van der Waals surface area contributed by atoms with Crippen molar-refractivity contribution in [2.45, 2.75) is 31.8 Å². The number of aryl methyl sites for hydroxylation is 2. The Morgan fingerprint density at radius 2 is 1.83 bits per heavy atom. The summed E-state index contributed by atoms with van der Waals surface area (Å²) in [7, 11) is -2.18. The largest absolute Gasteiger partial charge is 0.497 e. The van der Waals surface area contributed by atoms with Gasteiger partial charge in [-0.3, -0.25) is 4.90 Å². The molecule has 0 radical (unpaired) electrons. The van der Waals surface area contributed by atoms with Crippen LogP contribution < -0.4 is 4.74 Å². The third-order valence-corrected chi connectivity index (χ3v) is 8.29. The Bertz CT molecular complexity index is 1220. The van der Waals surface area contributed by atoms with Gasteiger partial charge in [-0.2, -0.15) is 4.31 Å². The van der Waals surface area contributed by atoms with Crippen molar-refractivity contribution in [3.05, 3.63) is 77.4 Å². The number of methoxy groups -OCH3 is 1. The second-order valence-electron chi connectivity index (χ2n) is 8.87. The lowest BCUT2D eigenvalue weighted by Gasteiger charge is -2.29. The van der Waals surface area contributed by atoms with Crippen LogP contribution in [0, 0.1) is 13.8 Å². The first kappa shape index (κ1) is 25.4. The molecule has 188 valence electrons. The summed E-state index contributed by atoms with van der Waals surface area (Å²) in [6.07, 6.45) is 3.65. The van der Waals surface area contributed by atoms with Crippen molar-refractivity contribution in [1.29, 1.82) is 0 Å². The van der Waals surface area contributed by atoms with E-state index >= 15 is 0 Å². The van der Waals surface area contributed by atoms with E-state index in [9.17, 15) is 8.42 Å². The molecular formula is C26H34N4O4S. The Hall–Kier alpha value is -2.72. The maximum atomic E-state index is 13.7. The Morgan fingerprint density at radius 3 is 2.54 bits per heavy atom. The highest BCUT2D eigenvalue weighted by Crippen LogP contribution is 2.22. The zero-order valence-corrected chi connectivity index (χ0v) is 21.5. The highest BCUT2D eigenvalue weighted by Gasteiger charge is 2.27. The van der Waals surface area contributed by atoms with E-state index in [2.05, 4.69) is 41.9 Å². The Balaban J connectivity index is 1.59. The van der Waals surface area contributed by atoms with Crippen LogP contribution in [0.25, 0.3) is 0 Å². The van der Waals surface area contributed by atoms with E-state index < -0.39 is 10.0 Å². The fourth-order valence-corrected chi connectivity index (χ4v) is 5.59. The van der Waals surface area contributed by atoms with Gasteiger partial charge in [0.1, 0.15) is 11.6 Å². The van der Waals surface area contributed by atoms with Crippen LogP contribution in [0.2, 0.25) is 0 Å². The van der Waals surface area contributed by atoms with Crippen LogP contribution in [-0.4, -0.2) is 73.7 Å². The Morgan fingerprint density at radius 1 is 1.09 bits per heavy atom. The lowest BCUT2D eigenvalue weighted by molar-refractivity contribution is 0.0360. The van der Waals surface area contributed by atoms with Crippen molar-refractivity contribution in [3.8, 4) is 5.75 Å². The van der Waals surface area contributed by atoms with E-state index in [0.717, 1.165) is 13.1 Å². The van der Waals surface area contributed by atoms with Crippen molar-refractivity contribution in [3.63, 3.8) is 0 Å². The number of hydrogen-bond acceptors (Lipinski definition) is 6. The third kappa shape index (κ3) is 6.29. The molecule has 2 heterocycles. The van der Waals surface area contributed by atoms with Crippen LogP contribution in [0.4, 0.5) is 0 Å². The molecule has 2 aromatic carbocycles. The molecule has 0 amide bonds. The summed E-state index contributed by atoms with van der Waals surface area (Å²) in [6.45, 7) is 8.95. The van der Waals surface area contributed by atoms with Crippen molar-refractivity contribution in [1.82, 2.24) is 18.8 Å². The number of morpholine rings is 1. The molecule has 0 spiro atoms. The summed E-state index contributed by atoms with van der Waals surface area (Å²) >= 11 is 0. The molecular weight excluding hydrogens is 464 g/mol. The molecule has 0 aliphatic carbocycles. The minimum atomic E-state index is -3.74. The maximum absolute atomic E-state index is 13.7. The predicted molar refractivity (Wildman–Crippen MR) is 135 cm³/mol. The minimum Gasteiger partial charge on any atom is -0.497 e. The quantitative estimate of drug-likeness (QED) is 0.428. The van der Waals surface area contributed by atoms with Crippen LogP contribution in [0.3, 0.4) is 0 Å². The van der Waals surface area contributed by atoms with Crippen LogP contribution >= 0.6 is 0 Å². The molecule has 9 heteroatoms. The second kappa shape index (κ2) is 11.3. The Labute approximate surface area is 208 Å². The normalized spacial score (nSPS) is 15.0. The lowest BCUT2D eigenvalue weighted by Crippen LogP contribution is -2.43. The zero-order chi connectivity index (χ0) is 24.8. The van der Waals surface area contributed by atoms with E-state index in [-0.39, 0.29) is 11.4 Å². The van der Waals surface area contributed by atoms with E-state index in [1.165, 1.54) is 21.0 Å². The first-order valence-corrected chi connectivity index (χ1v) is 13.3. The summed E-state index contributed by atoms with van der Waals surface area (Å²) in [4.78, 5) is 7.02. The first-order chi connectivity index (χ1) is 16.9. The predicted octanol–water partition coefficient (Wildman–Crippen LogP) is 3.08. The van der Waals surface area contributed by atoms with Crippen LogP contribution in [-0.2, 0) is 27.8 Å². The van der Waals surface area contributed by atoms with Crippen molar-refractivity contribution in [2.24, 2.45) is 0 Å². The zero-order valence-electron chi connectivity index (χ0n) is 20.7. The van der Waals surface area contributed by atoms with Crippen molar-refractivity contribution >= 4 is 10.0 Å². The molecule has 1 saturated heterocycles. The molecule has 1 fully saturated rings. The molecule has 4 rings (SSSR count). The van der Waals surface area contributed by atoms with Gasteiger partial charge in [-0.05, 0) is 49.2 Å². The molecule has 1 aromatic heterocycles. The van der Waals surface area contributed by atoms with Crippen molar-refractivity contribution in [2.75, 3.05) is 46.5 Å².